The summed E-state index contributed by atoms with van der Waals surface area (Å²) in [6.07, 6.45) is 18.4. The Hall–Kier alpha value is -2.20. The standard InChI is InChI=1S/C29H44O4/c1-8-22(5)28(31)24(7)29(32)23(6)18-20(3)12-10-13-21(4)19-25(9-2)16-17-26-14-11-15-27(30)33-26/h10-12,15-19,21-24,26,28,31H,8-9,13-14H2,1-7H3/b12-10+,17-16+,20-18+,25-19-/t21-,22-,23-,24+,26-,28-/m1/s1. The van der Waals surface area contributed by atoms with Crippen LogP contribution >= 0.6 is 0 Å². The molecule has 1 rings (SSSR count). The van der Waals surface area contributed by atoms with E-state index in [0.29, 0.717) is 5.92 Å². The normalized spacial score (nSPS) is 22.3. The van der Waals surface area contributed by atoms with Crippen molar-refractivity contribution in [2.45, 2.75) is 86.4 Å². The zero-order valence-electron chi connectivity index (χ0n) is 21.6. The summed E-state index contributed by atoms with van der Waals surface area (Å²) in [5, 5.41) is 10.4. The maximum absolute atomic E-state index is 12.7. The molecular formula is C29H44O4. The number of ether oxygens (including phenoxy) is 1. The van der Waals surface area contributed by atoms with E-state index in [1.807, 2.05) is 52.8 Å². The van der Waals surface area contributed by atoms with Crippen LogP contribution in [0.1, 0.15) is 74.1 Å². The lowest BCUT2D eigenvalue weighted by Gasteiger charge is -2.24. The molecule has 0 radical (unpaired) electrons. The molecule has 0 saturated carbocycles. The number of Topliss-reactive ketones (excluding diaryl/α,β-unsaturated/α-hetero) is 1. The van der Waals surface area contributed by atoms with Gasteiger partial charge in [-0.15, -0.1) is 0 Å². The summed E-state index contributed by atoms with van der Waals surface area (Å²) in [6.45, 7) is 14.1. The van der Waals surface area contributed by atoms with E-state index in [1.165, 1.54) is 11.6 Å². The molecule has 0 spiro atoms. The van der Waals surface area contributed by atoms with Gasteiger partial charge in [0.25, 0.3) is 0 Å². The highest BCUT2D eigenvalue weighted by Crippen LogP contribution is 2.21. The van der Waals surface area contributed by atoms with Crippen LogP contribution in [0.15, 0.2) is 59.8 Å². The van der Waals surface area contributed by atoms with E-state index in [-0.39, 0.29) is 35.6 Å². The van der Waals surface area contributed by atoms with Crippen LogP contribution in [0.3, 0.4) is 0 Å². The first kappa shape index (κ1) is 28.8. The van der Waals surface area contributed by atoms with Crippen molar-refractivity contribution in [3.8, 4) is 0 Å². The number of carbonyl (C=O) groups excluding carboxylic acids is 2. The molecule has 1 aliphatic rings. The minimum Gasteiger partial charge on any atom is -0.455 e. The van der Waals surface area contributed by atoms with Crippen LogP contribution in [0.5, 0.6) is 0 Å². The minimum atomic E-state index is -0.592. The zero-order valence-corrected chi connectivity index (χ0v) is 21.6. The molecule has 0 saturated heterocycles. The molecule has 1 heterocycles. The van der Waals surface area contributed by atoms with Crippen LogP contribution < -0.4 is 0 Å². The lowest BCUT2D eigenvalue weighted by atomic mass is 9.84. The number of allylic oxidation sites excluding steroid dienone is 7. The average molecular weight is 457 g/mol. The number of rotatable bonds is 13. The number of carbonyl (C=O) groups is 2. The summed E-state index contributed by atoms with van der Waals surface area (Å²) in [4.78, 5) is 24.0. The van der Waals surface area contributed by atoms with E-state index >= 15 is 0 Å². The Morgan fingerprint density at radius 1 is 1.18 bits per heavy atom. The largest absolute Gasteiger partial charge is 0.455 e. The molecule has 0 aliphatic carbocycles. The second-order valence-corrected chi connectivity index (χ2v) is 9.45. The molecule has 1 aliphatic heterocycles. The third-order valence-electron chi connectivity index (χ3n) is 6.36. The van der Waals surface area contributed by atoms with Crippen molar-refractivity contribution >= 4 is 11.8 Å². The molecule has 184 valence electrons. The van der Waals surface area contributed by atoms with Crippen molar-refractivity contribution in [2.24, 2.45) is 23.7 Å². The highest BCUT2D eigenvalue weighted by molar-refractivity contribution is 5.85. The SMILES string of the molecule is CCC(=C/[C@H](C)C/C=C/C(C)=C/[C@@H](C)C(=O)[C@@H](C)[C@H](O)[C@H](C)CC)/C=C/[C@H]1CC=CC(=O)O1. The van der Waals surface area contributed by atoms with Gasteiger partial charge in [-0.3, -0.25) is 4.79 Å². The fourth-order valence-electron chi connectivity index (χ4n) is 3.93. The number of hydrogen-bond acceptors (Lipinski definition) is 4. The molecule has 0 bridgehead atoms. The van der Waals surface area contributed by atoms with Gasteiger partial charge < -0.3 is 9.84 Å². The van der Waals surface area contributed by atoms with Gasteiger partial charge in [0.05, 0.1) is 6.10 Å². The Morgan fingerprint density at radius 2 is 1.88 bits per heavy atom. The van der Waals surface area contributed by atoms with Crippen LogP contribution in [0.2, 0.25) is 0 Å². The van der Waals surface area contributed by atoms with Crippen molar-refractivity contribution in [3.63, 3.8) is 0 Å². The number of hydrogen-bond donors (Lipinski definition) is 1. The topological polar surface area (TPSA) is 63.6 Å². The van der Waals surface area contributed by atoms with E-state index in [1.54, 1.807) is 0 Å². The molecule has 4 nitrogen and oxygen atoms in total. The molecule has 0 unspecified atom stereocenters. The second kappa shape index (κ2) is 14.8. The highest BCUT2D eigenvalue weighted by atomic mass is 16.5. The smallest absolute Gasteiger partial charge is 0.331 e. The first-order valence-electron chi connectivity index (χ1n) is 12.4. The minimum absolute atomic E-state index is 0.0883. The molecule has 0 amide bonds. The van der Waals surface area contributed by atoms with Gasteiger partial charge in [-0.25, -0.2) is 4.79 Å². The predicted molar refractivity (Wildman–Crippen MR) is 137 cm³/mol. The Kier molecular flexibility index (Phi) is 13.0. The van der Waals surface area contributed by atoms with E-state index in [4.69, 9.17) is 4.74 Å². The summed E-state index contributed by atoms with van der Waals surface area (Å²) >= 11 is 0. The summed E-state index contributed by atoms with van der Waals surface area (Å²) < 4.78 is 5.28. The van der Waals surface area contributed by atoms with Crippen molar-refractivity contribution < 1.29 is 19.4 Å². The lowest BCUT2D eigenvalue weighted by molar-refractivity contribution is -0.141. The van der Waals surface area contributed by atoms with E-state index < -0.39 is 6.10 Å². The lowest BCUT2D eigenvalue weighted by Crippen LogP contribution is -2.33. The number of ketones is 1. The molecule has 4 heteroatoms. The maximum atomic E-state index is 12.7. The Morgan fingerprint density at radius 3 is 2.48 bits per heavy atom. The number of cyclic esters (lactones) is 1. The van der Waals surface area contributed by atoms with Crippen LogP contribution in [-0.4, -0.2) is 29.1 Å². The van der Waals surface area contributed by atoms with Crippen LogP contribution in [0.25, 0.3) is 0 Å². The second-order valence-electron chi connectivity index (χ2n) is 9.45. The van der Waals surface area contributed by atoms with Gasteiger partial charge >= 0.3 is 5.97 Å². The van der Waals surface area contributed by atoms with Crippen molar-refractivity contribution in [1.82, 2.24) is 0 Å². The average Bonchev–Trinajstić information content (AvgIpc) is 2.79. The predicted octanol–water partition coefficient (Wildman–Crippen LogP) is 6.53. The van der Waals surface area contributed by atoms with Crippen molar-refractivity contribution in [1.29, 1.82) is 0 Å². The molecule has 0 aromatic heterocycles. The fraction of sp³-hybridized carbons (Fsp3) is 0.586. The molecule has 0 fully saturated rings. The molecule has 0 aromatic rings. The highest BCUT2D eigenvalue weighted by Gasteiger charge is 2.28. The summed E-state index contributed by atoms with van der Waals surface area (Å²) in [5.41, 5.74) is 2.28. The summed E-state index contributed by atoms with van der Waals surface area (Å²) in [5.74, 6) is -0.286. The van der Waals surface area contributed by atoms with E-state index in [9.17, 15) is 14.7 Å². The van der Waals surface area contributed by atoms with Gasteiger partial charge in [0.2, 0.25) is 0 Å². The Balaban J connectivity index is 2.63. The van der Waals surface area contributed by atoms with E-state index in [0.717, 1.165) is 31.3 Å². The van der Waals surface area contributed by atoms with Gasteiger partial charge in [-0.1, -0.05) is 95.6 Å². The first-order chi connectivity index (χ1) is 15.6. The van der Waals surface area contributed by atoms with E-state index in [2.05, 4.69) is 38.2 Å². The Bertz CT molecular complexity index is 783. The van der Waals surface area contributed by atoms with Gasteiger partial charge in [-0.05, 0) is 37.7 Å². The molecule has 0 aromatic carbocycles. The van der Waals surface area contributed by atoms with Gasteiger partial charge in [0.15, 0.2) is 0 Å². The van der Waals surface area contributed by atoms with Crippen LogP contribution in [-0.2, 0) is 14.3 Å². The van der Waals surface area contributed by atoms with Crippen molar-refractivity contribution in [3.05, 3.63) is 59.8 Å². The van der Waals surface area contributed by atoms with Crippen LogP contribution in [0.4, 0.5) is 0 Å². The van der Waals surface area contributed by atoms with Gasteiger partial charge in [0.1, 0.15) is 11.9 Å². The first-order valence-corrected chi connectivity index (χ1v) is 12.4. The third kappa shape index (κ3) is 10.5. The summed E-state index contributed by atoms with van der Waals surface area (Å²) in [7, 11) is 0. The molecule has 1 N–H and O–H groups in total. The molecular weight excluding hydrogens is 412 g/mol. The molecule has 6 atom stereocenters. The zero-order chi connectivity index (χ0) is 25.0. The van der Waals surface area contributed by atoms with Gasteiger partial charge in [0, 0.05) is 24.3 Å². The van der Waals surface area contributed by atoms with Crippen LogP contribution in [0, 0.1) is 23.7 Å². The van der Waals surface area contributed by atoms with Gasteiger partial charge in [-0.2, -0.15) is 0 Å². The number of aliphatic hydroxyl groups is 1. The number of esters is 1. The van der Waals surface area contributed by atoms with Crippen molar-refractivity contribution in [2.75, 3.05) is 0 Å². The maximum Gasteiger partial charge on any atom is 0.331 e. The third-order valence-corrected chi connectivity index (χ3v) is 6.36. The fourth-order valence-corrected chi connectivity index (χ4v) is 3.93. The number of aliphatic hydroxyl groups excluding tert-OH is 1. The quantitative estimate of drug-likeness (QED) is 0.253. The monoisotopic (exact) mass is 456 g/mol. The molecule has 33 heavy (non-hydrogen) atoms. The summed E-state index contributed by atoms with van der Waals surface area (Å²) in [6, 6.07) is 0. The Labute approximate surface area is 201 Å².